The van der Waals surface area contributed by atoms with Crippen LogP contribution in [0.15, 0.2) is 22.7 Å². The van der Waals surface area contributed by atoms with E-state index < -0.39 is 0 Å². The molecule has 0 spiro atoms. The molecule has 15 heavy (non-hydrogen) atoms. The van der Waals surface area contributed by atoms with Gasteiger partial charge in [-0.1, -0.05) is 47.8 Å². The molecule has 1 rings (SSSR count). The van der Waals surface area contributed by atoms with Crippen molar-refractivity contribution in [2.45, 2.75) is 26.3 Å². The quantitative estimate of drug-likeness (QED) is 0.866. The van der Waals surface area contributed by atoms with Gasteiger partial charge in [0.2, 0.25) is 0 Å². The molecule has 0 saturated carbocycles. The molecule has 3 heteroatoms. The molecule has 0 bridgehead atoms. The maximum atomic E-state index is 6.21. The van der Waals surface area contributed by atoms with Crippen LogP contribution in [0.25, 0.3) is 0 Å². The Bertz CT molecular complexity index is 327. The monoisotopic (exact) mass is 289 g/mol. The fourth-order valence-corrected chi connectivity index (χ4v) is 2.35. The lowest BCUT2D eigenvalue weighted by atomic mass is 9.93. The minimum Gasteiger partial charge on any atom is -0.313 e. The molecule has 1 aromatic rings. The van der Waals surface area contributed by atoms with Crippen LogP contribution in [0.3, 0.4) is 0 Å². The summed E-state index contributed by atoms with van der Waals surface area (Å²) < 4.78 is 1.07. The van der Waals surface area contributed by atoms with Crippen LogP contribution in [-0.4, -0.2) is 7.05 Å². The fraction of sp³-hybridized carbons (Fsp3) is 0.500. The molecule has 2 unspecified atom stereocenters. The third-order valence-corrected chi connectivity index (χ3v) is 3.65. The maximum Gasteiger partial charge on any atom is 0.0454 e. The van der Waals surface area contributed by atoms with Gasteiger partial charge in [-0.25, -0.2) is 0 Å². The zero-order chi connectivity index (χ0) is 11.4. The van der Waals surface area contributed by atoms with E-state index >= 15 is 0 Å². The average molecular weight is 291 g/mol. The number of hydrogen-bond donors (Lipinski definition) is 1. The number of benzene rings is 1. The Morgan fingerprint density at radius 1 is 1.47 bits per heavy atom. The van der Waals surface area contributed by atoms with E-state index in [1.165, 1.54) is 5.56 Å². The second-order valence-corrected chi connectivity index (χ2v) is 5.14. The van der Waals surface area contributed by atoms with E-state index in [4.69, 9.17) is 11.6 Å². The average Bonchev–Trinajstić information content (AvgIpc) is 2.23. The van der Waals surface area contributed by atoms with Crippen LogP contribution in [0.5, 0.6) is 0 Å². The van der Waals surface area contributed by atoms with E-state index in [-0.39, 0.29) is 0 Å². The molecule has 1 nitrogen and oxygen atoms in total. The summed E-state index contributed by atoms with van der Waals surface area (Å²) >= 11 is 9.69. The van der Waals surface area contributed by atoms with E-state index in [0.29, 0.717) is 12.0 Å². The van der Waals surface area contributed by atoms with Crippen molar-refractivity contribution in [3.05, 3.63) is 33.3 Å². The topological polar surface area (TPSA) is 12.0 Å². The summed E-state index contributed by atoms with van der Waals surface area (Å²) in [7, 11) is 1.98. The molecule has 1 aromatic carbocycles. The molecule has 0 aromatic heterocycles. The fourth-order valence-electron chi connectivity index (χ4n) is 1.74. The van der Waals surface area contributed by atoms with Crippen LogP contribution < -0.4 is 5.32 Å². The van der Waals surface area contributed by atoms with Gasteiger partial charge in [-0.15, -0.1) is 0 Å². The first-order valence-corrected chi connectivity index (χ1v) is 6.39. The van der Waals surface area contributed by atoms with Gasteiger partial charge < -0.3 is 5.32 Å². The van der Waals surface area contributed by atoms with Crippen molar-refractivity contribution in [2.75, 3.05) is 7.05 Å². The molecular formula is C12H17BrClN. The standard InChI is InChI=1S/C12H17BrClN/c1-4-8(2)12(15-3)10-7-9(13)5-6-11(10)14/h5-8,12,15H,4H2,1-3H3. The summed E-state index contributed by atoms with van der Waals surface area (Å²) in [4.78, 5) is 0. The minimum absolute atomic E-state index is 0.319. The first kappa shape index (κ1) is 13.0. The summed E-state index contributed by atoms with van der Waals surface area (Å²) in [6, 6.07) is 6.32. The van der Waals surface area contributed by atoms with Gasteiger partial charge >= 0.3 is 0 Å². The lowest BCUT2D eigenvalue weighted by Crippen LogP contribution is -2.23. The summed E-state index contributed by atoms with van der Waals surface area (Å²) in [5.74, 6) is 0.571. The lowest BCUT2D eigenvalue weighted by Gasteiger charge is -2.24. The number of nitrogens with one attached hydrogen (secondary N) is 1. The van der Waals surface area contributed by atoms with Crippen LogP contribution in [0.2, 0.25) is 5.02 Å². The lowest BCUT2D eigenvalue weighted by molar-refractivity contribution is 0.400. The van der Waals surface area contributed by atoms with Crippen molar-refractivity contribution in [2.24, 2.45) is 5.92 Å². The van der Waals surface area contributed by atoms with Crippen LogP contribution in [0.4, 0.5) is 0 Å². The van der Waals surface area contributed by atoms with Crippen molar-refractivity contribution in [1.82, 2.24) is 5.32 Å². The molecule has 0 aliphatic heterocycles. The molecule has 84 valence electrons. The molecule has 1 N–H and O–H groups in total. The minimum atomic E-state index is 0.319. The summed E-state index contributed by atoms with van der Waals surface area (Å²) in [5.41, 5.74) is 1.17. The molecule has 0 amide bonds. The van der Waals surface area contributed by atoms with Crippen LogP contribution >= 0.6 is 27.5 Å². The molecule has 0 aliphatic rings. The Hall–Kier alpha value is -0.0500. The van der Waals surface area contributed by atoms with Gasteiger partial charge in [-0.05, 0) is 36.7 Å². The molecule has 0 radical (unpaired) electrons. The third-order valence-electron chi connectivity index (χ3n) is 2.82. The van der Waals surface area contributed by atoms with E-state index in [1.807, 2.05) is 19.2 Å². The molecule has 2 atom stereocenters. The van der Waals surface area contributed by atoms with Crippen molar-refractivity contribution in [3.63, 3.8) is 0 Å². The van der Waals surface area contributed by atoms with Crippen molar-refractivity contribution < 1.29 is 0 Å². The van der Waals surface area contributed by atoms with Gasteiger partial charge in [0.1, 0.15) is 0 Å². The Morgan fingerprint density at radius 3 is 2.67 bits per heavy atom. The van der Waals surface area contributed by atoms with Crippen LogP contribution in [-0.2, 0) is 0 Å². The van der Waals surface area contributed by atoms with Gasteiger partial charge in [0.05, 0.1) is 0 Å². The maximum absolute atomic E-state index is 6.21. The number of rotatable bonds is 4. The van der Waals surface area contributed by atoms with Gasteiger partial charge in [0, 0.05) is 15.5 Å². The zero-order valence-corrected chi connectivity index (χ0v) is 11.7. The highest BCUT2D eigenvalue weighted by Crippen LogP contribution is 2.31. The highest BCUT2D eigenvalue weighted by atomic mass is 79.9. The third kappa shape index (κ3) is 3.20. The molecular weight excluding hydrogens is 273 g/mol. The largest absolute Gasteiger partial charge is 0.313 e. The highest BCUT2D eigenvalue weighted by molar-refractivity contribution is 9.10. The smallest absolute Gasteiger partial charge is 0.0454 e. The Balaban J connectivity index is 3.05. The highest BCUT2D eigenvalue weighted by Gasteiger charge is 2.18. The summed E-state index contributed by atoms with van der Waals surface area (Å²) in [6.45, 7) is 4.43. The second-order valence-electron chi connectivity index (χ2n) is 3.82. The van der Waals surface area contributed by atoms with Crippen molar-refractivity contribution >= 4 is 27.5 Å². The molecule has 0 aliphatic carbocycles. The first-order valence-electron chi connectivity index (χ1n) is 5.22. The predicted molar refractivity (Wildman–Crippen MR) is 70.4 cm³/mol. The van der Waals surface area contributed by atoms with E-state index in [1.54, 1.807) is 0 Å². The summed E-state index contributed by atoms with van der Waals surface area (Å²) in [5, 5.41) is 4.16. The Labute approximate surface area is 105 Å². The Morgan fingerprint density at radius 2 is 2.13 bits per heavy atom. The molecule has 0 heterocycles. The first-order chi connectivity index (χ1) is 7.10. The second kappa shape index (κ2) is 5.88. The zero-order valence-electron chi connectivity index (χ0n) is 9.35. The van der Waals surface area contributed by atoms with E-state index in [0.717, 1.165) is 15.9 Å². The van der Waals surface area contributed by atoms with Gasteiger partial charge in [-0.3, -0.25) is 0 Å². The van der Waals surface area contributed by atoms with Crippen molar-refractivity contribution in [3.8, 4) is 0 Å². The van der Waals surface area contributed by atoms with Crippen LogP contribution in [0, 0.1) is 5.92 Å². The van der Waals surface area contributed by atoms with Crippen molar-refractivity contribution in [1.29, 1.82) is 0 Å². The summed E-state index contributed by atoms with van der Waals surface area (Å²) in [6.07, 6.45) is 1.13. The Kier molecular flexibility index (Phi) is 5.10. The normalized spacial score (nSPS) is 15.0. The van der Waals surface area contributed by atoms with Gasteiger partial charge in [-0.2, -0.15) is 0 Å². The predicted octanol–water partition coefficient (Wildman–Crippen LogP) is 4.41. The van der Waals surface area contributed by atoms with E-state index in [9.17, 15) is 0 Å². The van der Waals surface area contributed by atoms with Crippen LogP contribution in [0.1, 0.15) is 31.9 Å². The molecule has 0 saturated heterocycles. The molecule has 0 fully saturated rings. The van der Waals surface area contributed by atoms with Gasteiger partial charge in [0.15, 0.2) is 0 Å². The SMILES string of the molecule is CCC(C)C(NC)c1cc(Br)ccc1Cl. The van der Waals surface area contributed by atoms with E-state index in [2.05, 4.69) is 41.2 Å². The number of halogens is 2. The van der Waals surface area contributed by atoms with Gasteiger partial charge in [0.25, 0.3) is 0 Å². The number of hydrogen-bond acceptors (Lipinski definition) is 1.